The van der Waals surface area contributed by atoms with Crippen LogP contribution in [0.15, 0.2) is 60.2 Å². The van der Waals surface area contributed by atoms with Gasteiger partial charge in [0.15, 0.2) is 0 Å². The standard InChI is InChI=1S/C24H24N2O4/c1-3-30-17-11-9-16(10-12-17)25-22(27)19-6-4-5-7-21(19)26-23(28)18-13-8-15(2)14-20(18)24(26)29/h4-12,18,20H,3,13-14H2,1-2H3,(H,25,27)/t18-,20+/m0/s1. The van der Waals surface area contributed by atoms with Crippen molar-refractivity contribution in [2.45, 2.75) is 26.7 Å². The van der Waals surface area contributed by atoms with E-state index in [1.54, 1.807) is 48.5 Å². The van der Waals surface area contributed by atoms with Crippen LogP contribution in [0.3, 0.4) is 0 Å². The number of benzene rings is 2. The quantitative estimate of drug-likeness (QED) is 0.599. The van der Waals surface area contributed by atoms with E-state index in [1.165, 1.54) is 4.90 Å². The van der Waals surface area contributed by atoms with Crippen molar-refractivity contribution in [3.05, 3.63) is 65.7 Å². The molecule has 0 radical (unpaired) electrons. The minimum Gasteiger partial charge on any atom is -0.494 e. The molecule has 154 valence electrons. The SMILES string of the molecule is CCOc1ccc(NC(=O)c2ccccc2N2C(=O)[C@H]3CC=C(C)C[C@H]3C2=O)cc1. The van der Waals surface area contributed by atoms with Crippen molar-refractivity contribution in [1.82, 2.24) is 0 Å². The Labute approximate surface area is 175 Å². The number of allylic oxidation sites excluding steroid dienone is 2. The molecule has 0 aromatic heterocycles. The first-order valence-corrected chi connectivity index (χ1v) is 10.2. The van der Waals surface area contributed by atoms with Crippen LogP contribution >= 0.6 is 0 Å². The molecule has 2 aromatic rings. The van der Waals surface area contributed by atoms with Crippen LogP contribution in [-0.4, -0.2) is 24.3 Å². The van der Waals surface area contributed by atoms with Gasteiger partial charge in [-0.2, -0.15) is 0 Å². The van der Waals surface area contributed by atoms with Gasteiger partial charge in [0.25, 0.3) is 5.91 Å². The first kappa shape index (κ1) is 19.9. The lowest BCUT2D eigenvalue weighted by Crippen LogP contribution is -2.33. The first-order chi connectivity index (χ1) is 14.5. The summed E-state index contributed by atoms with van der Waals surface area (Å²) in [7, 11) is 0. The number of ether oxygens (including phenoxy) is 1. The minimum absolute atomic E-state index is 0.223. The molecule has 0 saturated carbocycles. The number of fused-ring (bicyclic) bond motifs is 1. The zero-order chi connectivity index (χ0) is 21.3. The van der Waals surface area contributed by atoms with E-state index < -0.39 is 0 Å². The topological polar surface area (TPSA) is 75.7 Å². The third kappa shape index (κ3) is 3.61. The molecule has 0 spiro atoms. The van der Waals surface area contributed by atoms with Gasteiger partial charge in [-0.3, -0.25) is 14.4 Å². The van der Waals surface area contributed by atoms with Gasteiger partial charge in [0.05, 0.1) is 29.7 Å². The van der Waals surface area contributed by atoms with Gasteiger partial charge in [-0.15, -0.1) is 0 Å². The molecule has 2 aliphatic rings. The predicted molar refractivity (Wildman–Crippen MR) is 114 cm³/mol. The van der Waals surface area contributed by atoms with Gasteiger partial charge in [-0.1, -0.05) is 23.8 Å². The number of nitrogens with zero attached hydrogens (tertiary/aromatic N) is 1. The van der Waals surface area contributed by atoms with E-state index in [-0.39, 0.29) is 35.1 Å². The molecule has 6 nitrogen and oxygen atoms in total. The predicted octanol–water partition coefficient (Wildman–Crippen LogP) is 4.18. The molecule has 1 saturated heterocycles. The Morgan fingerprint density at radius 3 is 2.50 bits per heavy atom. The monoisotopic (exact) mass is 404 g/mol. The number of amides is 3. The number of hydrogen-bond donors (Lipinski definition) is 1. The number of carbonyl (C=O) groups is 3. The molecule has 1 aliphatic heterocycles. The Bertz CT molecular complexity index is 1030. The molecule has 3 amide bonds. The number of imide groups is 1. The maximum absolute atomic E-state index is 13.1. The molecule has 0 bridgehead atoms. The molecule has 2 aromatic carbocycles. The lowest BCUT2D eigenvalue weighted by Gasteiger charge is -2.19. The van der Waals surface area contributed by atoms with Gasteiger partial charge in [0, 0.05) is 5.69 Å². The number of para-hydroxylation sites is 1. The van der Waals surface area contributed by atoms with Crippen LogP contribution in [0.2, 0.25) is 0 Å². The Hall–Kier alpha value is -3.41. The van der Waals surface area contributed by atoms with Crippen molar-refractivity contribution >= 4 is 29.1 Å². The Morgan fingerprint density at radius 2 is 1.77 bits per heavy atom. The van der Waals surface area contributed by atoms with E-state index in [0.29, 0.717) is 30.8 Å². The van der Waals surface area contributed by atoms with E-state index >= 15 is 0 Å². The van der Waals surface area contributed by atoms with Gasteiger partial charge < -0.3 is 10.1 Å². The van der Waals surface area contributed by atoms with Gasteiger partial charge in [-0.05, 0) is 63.1 Å². The highest BCUT2D eigenvalue weighted by Crippen LogP contribution is 2.40. The molecule has 1 aliphatic carbocycles. The normalized spacial score (nSPS) is 20.6. The average Bonchev–Trinajstić information content (AvgIpc) is 2.99. The van der Waals surface area contributed by atoms with Crippen LogP contribution in [0, 0.1) is 11.8 Å². The summed E-state index contributed by atoms with van der Waals surface area (Å²) in [4.78, 5) is 40.3. The second-order valence-corrected chi connectivity index (χ2v) is 7.64. The van der Waals surface area contributed by atoms with Crippen molar-refractivity contribution in [2.24, 2.45) is 11.8 Å². The summed E-state index contributed by atoms with van der Waals surface area (Å²) in [6.45, 7) is 4.45. The molecular formula is C24H24N2O4. The smallest absolute Gasteiger partial charge is 0.257 e. The highest BCUT2D eigenvalue weighted by atomic mass is 16.5. The van der Waals surface area contributed by atoms with E-state index in [9.17, 15) is 14.4 Å². The van der Waals surface area contributed by atoms with Crippen LogP contribution in [-0.2, 0) is 9.59 Å². The number of carbonyl (C=O) groups excluding carboxylic acids is 3. The highest BCUT2D eigenvalue weighted by Gasteiger charge is 2.49. The summed E-state index contributed by atoms with van der Waals surface area (Å²) < 4.78 is 5.42. The summed E-state index contributed by atoms with van der Waals surface area (Å²) in [6, 6.07) is 13.8. The molecule has 1 N–H and O–H groups in total. The molecule has 0 unspecified atom stereocenters. The lowest BCUT2D eigenvalue weighted by atomic mass is 9.82. The largest absolute Gasteiger partial charge is 0.494 e. The number of hydrogen-bond acceptors (Lipinski definition) is 4. The summed E-state index contributed by atoms with van der Waals surface area (Å²) in [5.41, 5.74) is 2.35. The zero-order valence-corrected chi connectivity index (χ0v) is 17.1. The Kier molecular flexibility index (Phi) is 5.40. The van der Waals surface area contributed by atoms with Gasteiger partial charge in [0.2, 0.25) is 11.8 Å². The number of rotatable bonds is 5. The van der Waals surface area contributed by atoms with Crippen molar-refractivity contribution < 1.29 is 19.1 Å². The Balaban J connectivity index is 1.59. The Morgan fingerprint density at radius 1 is 1.07 bits per heavy atom. The molecule has 1 fully saturated rings. The second-order valence-electron chi connectivity index (χ2n) is 7.64. The van der Waals surface area contributed by atoms with Crippen LogP contribution in [0.5, 0.6) is 5.75 Å². The summed E-state index contributed by atoms with van der Waals surface area (Å²) >= 11 is 0. The summed E-state index contributed by atoms with van der Waals surface area (Å²) in [6.07, 6.45) is 3.19. The third-order valence-electron chi connectivity index (χ3n) is 5.64. The highest BCUT2D eigenvalue weighted by molar-refractivity contribution is 6.25. The molecule has 2 atom stereocenters. The summed E-state index contributed by atoms with van der Waals surface area (Å²) in [5.74, 6) is -0.794. The zero-order valence-electron chi connectivity index (χ0n) is 17.1. The van der Waals surface area contributed by atoms with E-state index in [1.807, 2.05) is 19.9 Å². The van der Waals surface area contributed by atoms with E-state index in [2.05, 4.69) is 5.32 Å². The maximum Gasteiger partial charge on any atom is 0.257 e. The summed E-state index contributed by atoms with van der Waals surface area (Å²) in [5, 5.41) is 2.84. The van der Waals surface area contributed by atoms with Crippen LogP contribution in [0.4, 0.5) is 11.4 Å². The fourth-order valence-corrected chi connectivity index (χ4v) is 4.14. The molecular weight excluding hydrogens is 380 g/mol. The van der Waals surface area contributed by atoms with Crippen molar-refractivity contribution in [3.8, 4) is 5.75 Å². The molecule has 4 rings (SSSR count). The van der Waals surface area contributed by atoms with Gasteiger partial charge >= 0.3 is 0 Å². The van der Waals surface area contributed by atoms with Crippen LogP contribution in [0.25, 0.3) is 0 Å². The van der Waals surface area contributed by atoms with Crippen molar-refractivity contribution in [1.29, 1.82) is 0 Å². The number of nitrogens with one attached hydrogen (secondary N) is 1. The van der Waals surface area contributed by atoms with Gasteiger partial charge in [0.1, 0.15) is 5.75 Å². The van der Waals surface area contributed by atoms with E-state index in [0.717, 1.165) is 11.3 Å². The molecule has 6 heteroatoms. The third-order valence-corrected chi connectivity index (χ3v) is 5.64. The molecule has 30 heavy (non-hydrogen) atoms. The van der Waals surface area contributed by atoms with Crippen LogP contribution < -0.4 is 15.0 Å². The van der Waals surface area contributed by atoms with Crippen molar-refractivity contribution in [3.63, 3.8) is 0 Å². The number of anilines is 2. The minimum atomic E-state index is -0.375. The fraction of sp³-hybridized carbons (Fsp3) is 0.292. The first-order valence-electron chi connectivity index (χ1n) is 10.2. The van der Waals surface area contributed by atoms with E-state index in [4.69, 9.17) is 4.74 Å². The van der Waals surface area contributed by atoms with Crippen molar-refractivity contribution in [2.75, 3.05) is 16.8 Å². The average molecular weight is 404 g/mol. The second kappa shape index (κ2) is 8.14. The van der Waals surface area contributed by atoms with Crippen LogP contribution in [0.1, 0.15) is 37.0 Å². The fourth-order valence-electron chi connectivity index (χ4n) is 4.14. The van der Waals surface area contributed by atoms with Gasteiger partial charge in [-0.25, -0.2) is 4.90 Å². The molecule has 1 heterocycles. The lowest BCUT2D eigenvalue weighted by molar-refractivity contribution is -0.122. The maximum atomic E-state index is 13.1.